The van der Waals surface area contributed by atoms with E-state index in [1.54, 1.807) is 12.3 Å². The Kier molecular flexibility index (Phi) is 5.52. The maximum atomic E-state index is 12.2. The van der Waals surface area contributed by atoms with Crippen LogP contribution in [0.15, 0.2) is 18.3 Å². The van der Waals surface area contributed by atoms with Gasteiger partial charge in [0.1, 0.15) is 5.15 Å². The van der Waals surface area contributed by atoms with Gasteiger partial charge >= 0.3 is 0 Å². The van der Waals surface area contributed by atoms with E-state index in [0.29, 0.717) is 18.2 Å². The van der Waals surface area contributed by atoms with Gasteiger partial charge in [-0.3, -0.25) is 14.5 Å². The number of halogens is 1. The molecule has 0 spiro atoms. The standard InChI is InChI=1S/C14H19ClN4O2/c15-12-4-3-10(6-17-12)7-18-14(21)11-2-1-5-19(8-11)9-13(16)20/h3-4,6,11H,1-2,5,7-9H2,(H2,16,20)(H,18,21)/t11-/m0/s1. The third-order valence-corrected chi connectivity index (χ3v) is 3.73. The second kappa shape index (κ2) is 7.38. The molecule has 1 fully saturated rings. The zero-order chi connectivity index (χ0) is 15.2. The highest BCUT2D eigenvalue weighted by Gasteiger charge is 2.26. The highest BCUT2D eigenvalue weighted by Crippen LogP contribution is 2.16. The maximum absolute atomic E-state index is 12.2. The third-order valence-electron chi connectivity index (χ3n) is 3.51. The average Bonchev–Trinajstić information content (AvgIpc) is 2.46. The minimum absolute atomic E-state index is 0.000814. The molecule has 1 aromatic rings. The van der Waals surface area contributed by atoms with Crippen molar-refractivity contribution in [3.05, 3.63) is 29.0 Å². The maximum Gasteiger partial charge on any atom is 0.231 e. The van der Waals surface area contributed by atoms with Gasteiger partial charge < -0.3 is 11.1 Å². The summed E-state index contributed by atoms with van der Waals surface area (Å²) in [5.74, 6) is -0.458. The fraction of sp³-hybridized carbons (Fsp3) is 0.500. The van der Waals surface area contributed by atoms with E-state index < -0.39 is 0 Å². The first-order valence-corrected chi connectivity index (χ1v) is 7.31. The number of nitrogens with two attached hydrogens (primary N) is 1. The van der Waals surface area contributed by atoms with Crippen molar-refractivity contribution in [1.29, 1.82) is 0 Å². The van der Waals surface area contributed by atoms with Gasteiger partial charge in [-0.15, -0.1) is 0 Å². The van der Waals surface area contributed by atoms with E-state index in [1.165, 1.54) is 0 Å². The summed E-state index contributed by atoms with van der Waals surface area (Å²) in [7, 11) is 0. The molecule has 1 saturated heterocycles. The molecule has 3 N–H and O–H groups in total. The molecule has 0 radical (unpaired) electrons. The number of likely N-dealkylation sites (tertiary alicyclic amines) is 1. The van der Waals surface area contributed by atoms with Crippen LogP contribution in [-0.4, -0.2) is 41.3 Å². The number of carbonyl (C=O) groups excluding carboxylic acids is 2. The topological polar surface area (TPSA) is 88.3 Å². The van der Waals surface area contributed by atoms with Gasteiger partial charge in [-0.2, -0.15) is 0 Å². The van der Waals surface area contributed by atoms with Gasteiger partial charge in [-0.25, -0.2) is 4.98 Å². The number of pyridine rings is 1. The number of aromatic nitrogens is 1. The third kappa shape index (κ3) is 4.99. The summed E-state index contributed by atoms with van der Waals surface area (Å²) >= 11 is 5.71. The summed E-state index contributed by atoms with van der Waals surface area (Å²) in [4.78, 5) is 29.0. The number of hydrogen-bond acceptors (Lipinski definition) is 4. The summed E-state index contributed by atoms with van der Waals surface area (Å²) in [6.45, 7) is 2.03. The molecule has 7 heteroatoms. The first-order valence-electron chi connectivity index (χ1n) is 6.93. The minimum Gasteiger partial charge on any atom is -0.369 e. The van der Waals surface area contributed by atoms with Crippen molar-refractivity contribution in [1.82, 2.24) is 15.2 Å². The molecule has 114 valence electrons. The van der Waals surface area contributed by atoms with E-state index in [0.717, 1.165) is 24.9 Å². The van der Waals surface area contributed by atoms with Gasteiger partial charge in [0.05, 0.1) is 12.5 Å². The molecule has 21 heavy (non-hydrogen) atoms. The molecular formula is C14H19ClN4O2. The lowest BCUT2D eigenvalue weighted by Crippen LogP contribution is -2.45. The van der Waals surface area contributed by atoms with Crippen molar-refractivity contribution in [3.8, 4) is 0 Å². The van der Waals surface area contributed by atoms with E-state index in [1.807, 2.05) is 11.0 Å². The molecular weight excluding hydrogens is 292 g/mol. The van der Waals surface area contributed by atoms with Crippen LogP contribution in [0.3, 0.4) is 0 Å². The average molecular weight is 311 g/mol. The lowest BCUT2D eigenvalue weighted by Gasteiger charge is -2.30. The SMILES string of the molecule is NC(=O)CN1CCC[C@H](C(=O)NCc2ccc(Cl)nc2)C1. The Morgan fingerprint density at radius 3 is 2.95 bits per heavy atom. The lowest BCUT2D eigenvalue weighted by atomic mass is 9.97. The zero-order valence-corrected chi connectivity index (χ0v) is 12.5. The van der Waals surface area contributed by atoms with Crippen molar-refractivity contribution >= 4 is 23.4 Å². The Bertz CT molecular complexity index is 506. The Morgan fingerprint density at radius 1 is 1.48 bits per heavy atom. The summed E-state index contributed by atoms with van der Waals surface area (Å²) < 4.78 is 0. The number of rotatable bonds is 5. The van der Waals surface area contributed by atoms with Crippen LogP contribution in [0.1, 0.15) is 18.4 Å². The highest BCUT2D eigenvalue weighted by atomic mass is 35.5. The molecule has 6 nitrogen and oxygen atoms in total. The van der Waals surface area contributed by atoms with Crippen molar-refractivity contribution in [2.75, 3.05) is 19.6 Å². The highest BCUT2D eigenvalue weighted by molar-refractivity contribution is 6.29. The monoisotopic (exact) mass is 310 g/mol. The predicted octanol–water partition coefficient (Wildman–Crippen LogP) is 0.549. The smallest absolute Gasteiger partial charge is 0.231 e. The molecule has 2 amide bonds. The zero-order valence-electron chi connectivity index (χ0n) is 11.7. The van der Waals surface area contributed by atoms with Crippen molar-refractivity contribution in [2.45, 2.75) is 19.4 Å². The number of nitrogens with one attached hydrogen (secondary N) is 1. The molecule has 1 aliphatic rings. The van der Waals surface area contributed by atoms with Gasteiger partial charge in [0.15, 0.2) is 0 Å². The number of primary amides is 1. The molecule has 0 bridgehead atoms. The normalized spacial score (nSPS) is 19.2. The molecule has 1 aliphatic heterocycles. The van der Waals surface area contributed by atoms with Crippen LogP contribution in [0.2, 0.25) is 5.15 Å². The number of hydrogen-bond donors (Lipinski definition) is 2. The van der Waals surface area contributed by atoms with Crippen molar-refractivity contribution < 1.29 is 9.59 Å². The van der Waals surface area contributed by atoms with Gasteiger partial charge in [-0.1, -0.05) is 17.7 Å². The fourth-order valence-electron chi connectivity index (χ4n) is 2.48. The molecule has 2 heterocycles. The Hall–Kier alpha value is -1.66. The van der Waals surface area contributed by atoms with Crippen LogP contribution in [-0.2, 0) is 16.1 Å². The molecule has 0 aliphatic carbocycles. The first-order chi connectivity index (χ1) is 10.0. The van der Waals surface area contributed by atoms with Crippen molar-refractivity contribution in [3.63, 3.8) is 0 Å². The van der Waals surface area contributed by atoms with Gasteiger partial charge in [0, 0.05) is 19.3 Å². The van der Waals surface area contributed by atoms with Gasteiger partial charge in [0.2, 0.25) is 11.8 Å². The second-order valence-electron chi connectivity index (χ2n) is 5.25. The lowest BCUT2D eigenvalue weighted by molar-refractivity contribution is -0.128. The van der Waals surface area contributed by atoms with E-state index in [9.17, 15) is 9.59 Å². The Labute approximate surface area is 128 Å². The molecule has 0 aromatic carbocycles. The van der Waals surface area contributed by atoms with Crippen LogP contribution in [0, 0.1) is 5.92 Å². The van der Waals surface area contributed by atoms with Crippen LogP contribution < -0.4 is 11.1 Å². The Morgan fingerprint density at radius 2 is 2.29 bits per heavy atom. The molecule has 1 atom stereocenters. The largest absolute Gasteiger partial charge is 0.369 e. The summed E-state index contributed by atoms with van der Waals surface area (Å²) in [6.07, 6.45) is 3.37. The number of nitrogens with zero attached hydrogens (tertiary/aromatic N) is 2. The summed E-state index contributed by atoms with van der Waals surface area (Å²) in [5, 5.41) is 3.33. The van der Waals surface area contributed by atoms with E-state index >= 15 is 0 Å². The minimum atomic E-state index is -0.358. The summed E-state index contributed by atoms with van der Waals surface area (Å²) in [6, 6.07) is 3.52. The molecule has 1 aromatic heterocycles. The fourth-order valence-corrected chi connectivity index (χ4v) is 2.59. The predicted molar refractivity (Wildman–Crippen MR) is 79.5 cm³/mol. The van der Waals surface area contributed by atoms with E-state index in [-0.39, 0.29) is 24.3 Å². The van der Waals surface area contributed by atoms with Gasteiger partial charge in [-0.05, 0) is 31.0 Å². The van der Waals surface area contributed by atoms with Crippen LogP contribution in [0.25, 0.3) is 0 Å². The number of amides is 2. The first kappa shape index (κ1) is 15.7. The Balaban J connectivity index is 1.82. The number of piperidine rings is 1. The van der Waals surface area contributed by atoms with E-state index in [2.05, 4.69) is 10.3 Å². The van der Waals surface area contributed by atoms with Crippen LogP contribution in [0.4, 0.5) is 0 Å². The van der Waals surface area contributed by atoms with Crippen LogP contribution in [0.5, 0.6) is 0 Å². The quantitative estimate of drug-likeness (QED) is 0.777. The molecule has 0 unspecified atom stereocenters. The molecule has 2 rings (SSSR count). The van der Waals surface area contributed by atoms with Gasteiger partial charge in [0.25, 0.3) is 0 Å². The summed E-state index contributed by atoms with van der Waals surface area (Å²) in [5.41, 5.74) is 6.09. The van der Waals surface area contributed by atoms with Crippen LogP contribution >= 0.6 is 11.6 Å². The number of carbonyl (C=O) groups is 2. The second-order valence-corrected chi connectivity index (χ2v) is 5.63. The van der Waals surface area contributed by atoms with E-state index in [4.69, 9.17) is 17.3 Å². The van der Waals surface area contributed by atoms with Crippen molar-refractivity contribution in [2.24, 2.45) is 11.7 Å². The molecule has 0 saturated carbocycles.